The van der Waals surface area contributed by atoms with Crippen LogP contribution in [0.1, 0.15) is 35.0 Å². The molecule has 1 aliphatic rings. The number of amides is 1. The summed E-state index contributed by atoms with van der Waals surface area (Å²) in [6.45, 7) is 6.05. The van der Waals surface area contributed by atoms with Crippen molar-refractivity contribution in [2.75, 3.05) is 26.7 Å². The van der Waals surface area contributed by atoms with Crippen molar-refractivity contribution in [3.8, 4) is 5.75 Å². The molecule has 0 saturated carbocycles. The summed E-state index contributed by atoms with van der Waals surface area (Å²) in [5.41, 5.74) is 2.95. The zero-order valence-electron chi connectivity index (χ0n) is 15.0. The molecule has 0 aliphatic carbocycles. The number of hydrogen-bond acceptors (Lipinski definition) is 5. The fourth-order valence-corrected chi connectivity index (χ4v) is 3.46. The van der Waals surface area contributed by atoms with Crippen molar-refractivity contribution in [3.05, 3.63) is 46.8 Å². The number of carbonyl (C=O) groups is 1. The van der Waals surface area contributed by atoms with Gasteiger partial charge in [0, 0.05) is 37.2 Å². The Bertz CT molecular complexity index is 722. The highest BCUT2D eigenvalue weighted by Gasteiger charge is 2.29. The molecule has 6 nitrogen and oxygen atoms in total. The maximum Gasteiger partial charge on any atom is 0.223 e. The summed E-state index contributed by atoms with van der Waals surface area (Å²) in [4.78, 5) is 14.9. The molecule has 1 amide bonds. The number of methoxy groups -OCH3 is 1. The summed E-state index contributed by atoms with van der Waals surface area (Å²) in [7, 11) is 1.67. The highest BCUT2D eigenvalue weighted by Crippen LogP contribution is 2.30. The first-order valence-corrected chi connectivity index (χ1v) is 8.66. The van der Waals surface area contributed by atoms with Gasteiger partial charge >= 0.3 is 0 Å². The van der Waals surface area contributed by atoms with Crippen LogP contribution in [0.3, 0.4) is 0 Å². The fraction of sp³-hybridized carbons (Fsp3) is 0.474. The molecule has 1 N–H and O–H groups in total. The second kappa shape index (κ2) is 7.70. The van der Waals surface area contributed by atoms with Gasteiger partial charge in [-0.3, -0.25) is 4.79 Å². The van der Waals surface area contributed by atoms with Crippen molar-refractivity contribution in [3.63, 3.8) is 0 Å². The van der Waals surface area contributed by atoms with Gasteiger partial charge in [0.15, 0.2) is 0 Å². The molecule has 1 saturated heterocycles. The zero-order chi connectivity index (χ0) is 17.8. The van der Waals surface area contributed by atoms with Crippen molar-refractivity contribution in [2.45, 2.75) is 32.7 Å². The molecule has 1 fully saturated rings. The van der Waals surface area contributed by atoms with Crippen LogP contribution < -0.4 is 10.1 Å². The van der Waals surface area contributed by atoms with Crippen molar-refractivity contribution < 1.29 is 14.1 Å². The minimum atomic E-state index is -0.0120. The number of aromatic nitrogens is 1. The minimum absolute atomic E-state index is 0.0120. The van der Waals surface area contributed by atoms with Crippen LogP contribution in [0, 0.1) is 13.8 Å². The predicted molar refractivity (Wildman–Crippen MR) is 94.6 cm³/mol. The van der Waals surface area contributed by atoms with Crippen molar-refractivity contribution in [1.29, 1.82) is 0 Å². The number of benzene rings is 1. The average molecular weight is 343 g/mol. The molecule has 2 heterocycles. The van der Waals surface area contributed by atoms with E-state index in [9.17, 15) is 4.79 Å². The molecule has 134 valence electrons. The zero-order valence-corrected chi connectivity index (χ0v) is 15.0. The van der Waals surface area contributed by atoms with E-state index in [1.54, 1.807) is 7.11 Å². The molecular weight excluding hydrogens is 318 g/mol. The summed E-state index contributed by atoms with van der Waals surface area (Å²) in [5.74, 6) is 1.77. The average Bonchev–Trinajstić information content (AvgIpc) is 2.97. The first-order chi connectivity index (χ1) is 12.1. The van der Waals surface area contributed by atoms with E-state index in [4.69, 9.17) is 9.26 Å². The number of carbonyl (C=O) groups excluding carboxylic acids is 1. The van der Waals surface area contributed by atoms with Gasteiger partial charge in [-0.2, -0.15) is 0 Å². The maximum absolute atomic E-state index is 12.9. The molecule has 2 aromatic rings. The molecule has 1 aromatic carbocycles. The number of nitrogens with one attached hydrogen (secondary N) is 1. The molecule has 3 rings (SSSR count). The Kier molecular flexibility index (Phi) is 5.38. The van der Waals surface area contributed by atoms with Crippen LogP contribution in [-0.4, -0.2) is 42.7 Å². The Hall–Kier alpha value is -2.34. The lowest BCUT2D eigenvalue weighted by molar-refractivity contribution is -0.134. The summed E-state index contributed by atoms with van der Waals surface area (Å²) in [5, 5.41) is 7.35. The van der Waals surface area contributed by atoms with Crippen LogP contribution in [0.4, 0.5) is 0 Å². The predicted octanol–water partition coefficient (Wildman–Crippen LogP) is 2.41. The monoisotopic (exact) mass is 343 g/mol. The maximum atomic E-state index is 12.9. The van der Waals surface area contributed by atoms with E-state index >= 15 is 0 Å². The molecule has 0 unspecified atom stereocenters. The van der Waals surface area contributed by atoms with Crippen molar-refractivity contribution in [1.82, 2.24) is 15.4 Å². The van der Waals surface area contributed by atoms with Gasteiger partial charge in [-0.05, 0) is 26.3 Å². The van der Waals surface area contributed by atoms with Gasteiger partial charge in [-0.1, -0.05) is 23.4 Å². The molecular formula is C19H25N3O3. The van der Waals surface area contributed by atoms with E-state index in [1.807, 2.05) is 43.0 Å². The number of aryl methyl sites for hydroxylation is 2. The van der Waals surface area contributed by atoms with E-state index in [1.165, 1.54) is 0 Å². The molecule has 1 aromatic heterocycles. The van der Waals surface area contributed by atoms with Gasteiger partial charge in [-0.25, -0.2) is 0 Å². The first kappa shape index (κ1) is 17.5. The third-order valence-corrected chi connectivity index (χ3v) is 4.83. The second-order valence-corrected chi connectivity index (χ2v) is 6.35. The fourth-order valence-electron chi connectivity index (χ4n) is 3.46. The first-order valence-electron chi connectivity index (χ1n) is 8.66. The largest absolute Gasteiger partial charge is 0.496 e. The third kappa shape index (κ3) is 3.69. The van der Waals surface area contributed by atoms with Crippen LogP contribution >= 0.6 is 0 Å². The molecule has 0 spiro atoms. The van der Waals surface area contributed by atoms with E-state index in [0.717, 1.165) is 41.4 Å². The van der Waals surface area contributed by atoms with Crippen LogP contribution in [-0.2, 0) is 11.2 Å². The van der Waals surface area contributed by atoms with E-state index in [-0.39, 0.29) is 11.9 Å². The van der Waals surface area contributed by atoms with Crippen molar-refractivity contribution in [2.24, 2.45) is 0 Å². The SMILES string of the molecule is COc1ccccc1[C@H]1CNCCN1C(=O)CCc1c(C)noc1C. The summed E-state index contributed by atoms with van der Waals surface area (Å²) < 4.78 is 10.7. The number of nitrogens with zero attached hydrogens (tertiary/aromatic N) is 2. The number of ether oxygens (including phenoxy) is 1. The Morgan fingerprint density at radius 3 is 2.92 bits per heavy atom. The Morgan fingerprint density at radius 1 is 1.40 bits per heavy atom. The topological polar surface area (TPSA) is 67.6 Å². The lowest BCUT2D eigenvalue weighted by Crippen LogP contribution is -2.48. The van der Waals surface area contributed by atoms with Crippen LogP contribution in [0.25, 0.3) is 0 Å². The molecule has 1 atom stereocenters. The number of hydrogen-bond donors (Lipinski definition) is 1. The van der Waals surface area contributed by atoms with Gasteiger partial charge in [0.1, 0.15) is 11.5 Å². The van der Waals surface area contributed by atoms with E-state index < -0.39 is 0 Å². The highest BCUT2D eigenvalue weighted by molar-refractivity contribution is 5.77. The standard InChI is InChI=1S/C19H25N3O3/c1-13-15(14(2)25-21-13)8-9-19(23)22-11-10-20-12-17(22)16-6-4-5-7-18(16)24-3/h4-7,17,20H,8-12H2,1-3H3/t17-/m1/s1. The second-order valence-electron chi connectivity index (χ2n) is 6.35. The quantitative estimate of drug-likeness (QED) is 0.903. The number of rotatable bonds is 5. The van der Waals surface area contributed by atoms with Crippen molar-refractivity contribution >= 4 is 5.91 Å². The Labute approximate surface area is 148 Å². The van der Waals surface area contributed by atoms with Crippen LogP contribution in [0.5, 0.6) is 5.75 Å². The van der Waals surface area contributed by atoms with Gasteiger partial charge in [-0.15, -0.1) is 0 Å². The summed E-state index contributed by atoms with van der Waals surface area (Å²) in [6.07, 6.45) is 1.11. The highest BCUT2D eigenvalue weighted by atomic mass is 16.5. The minimum Gasteiger partial charge on any atom is -0.496 e. The van der Waals surface area contributed by atoms with Gasteiger partial charge < -0.3 is 19.5 Å². The summed E-state index contributed by atoms with van der Waals surface area (Å²) in [6, 6.07) is 7.89. The lowest BCUT2D eigenvalue weighted by Gasteiger charge is -2.37. The number of piperazine rings is 1. The van der Waals surface area contributed by atoms with Gasteiger partial charge in [0.05, 0.1) is 18.8 Å². The Balaban J connectivity index is 1.75. The van der Waals surface area contributed by atoms with Gasteiger partial charge in [0.25, 0.3) is 0 Å². The van der Waals surface area contributed by atoms with Crippen LogP contribution in [0.15, 0.2) is 28.8 Å². The van der Waals surface area contributed by atoms with E-state index in [0.29, 0.717) is 19.4 Å². The number of para-hydroxylation sites is 1. The van der Waals surface area contributed by atoms with E-state index in [2.05, 4.69) is 10.5 Å². The Morgan fingerprint density at radius 2 is 2.20 bits per heavy atom. The molecule has 25 heavy (non-hydrogen) atoms. The van der Waals surface area contributed by atoms with Crippen LogP contribution in [0.2, 0.25) is 0 Å². The molecule has 0 radical (unpaired) electrons. The smallest absolute Gasteiger partial charge is 0.223 e. The normalized spacial score (nSPS) is 17.6. The molecule has 1 aliphatic heterocycles. The van der Waals surface area contributed by atoms with Gasteiger partial charge in [0.2, 0.25) is 5.91 Å². The summed E-state index contributed by atoms with van der Waals surface area (Å²) >= 11 is 0. The lowest BCUT2D eigenvalue weighted by atomic mass is 10.0. The molecule has 6 heteroatoms. The molecule has 0 bridgehead atoms. The third-order valence-electron chi connectivity index (χ3n) is 4.83.